The van der Waals surface area contributed by atoms with Crippen molar-refractivity contribution in [2.75, 3.05) is 0 Å². The van der Waals surface area contributed by atoms with Gasteiger partial charge in [-0.25, -0.2) is 4.79 Å². The van der Waals surface area contributed by atoms with Gasteiger partial charge in [0, 0.05) is 20.6 Å². The maximum absolute atomic E-state index is 13.7. The number of hydrogen-bond acceptors (Lipinski definition) is 3. The monoisotopic (exact) mass is 576 g/mol. The molecule has 0 N–H and O–H groups in total. The first-order valence-electron chi connectivity index (χ1n) is 12.2. The molecule has 0 unspecified atom stereocenters. The average Bonchev–Trinajstić information content (AvgIpc) is 3.15. The van der Waals surface area contributed by atoms with Crippen molar-refractivity contribution >= 4 is 52.8 Å². The maximum Gasteiger partial charge on any atom is 0.332 e. The van der Waals surface area contributed by atoms with E-state index >= 15 is 0 Å². The van der Waals surface area contributed by atoms with Crippen LogP contribution in [0.5, 0.6) is 5.75 Å². The number of ether oxygens (including phenoxy) is 1. The average molecular weight is 578 g/mol. The smallest absolute Gasteiger partial charge is 0.332 e. The Morgan fingerprint density at radius 3 is 1.67 bits per heavy atom. The van der Waals surface area contributed by atoms with Crippen molar-refractivity contribution in [2.45, 2.75) is 19.7 Å². The second kappa shape index (κ2) is 12.0. The van der Waals surface area contributed by atoms with E-state index in [1.54, 1.807) is 54.6 Å². The lowest BCUT2D eigenvalue weighted by atomic mass is 10.1. The van der Waals surface area contributed by atoms with Crippen molar-refractivity contribution in [3.05, 3.63) is 140 Å². The fraction of sp³-hybridized carbons (Fsp3) is 0.0968. The number of imide groups is 1. The fourth-order valence-corrected chi connectivity index (χ4v) is 4.56. The molecule has 1 heterocycles. The van der Waals surface area contributed by atoms with Crippen LogP contribution in [0.1, 0.15) is 22.3 Å². The lowest BCUT2D eigenvalue weighted by molar-refractivity contribution is -0.123. The van der Waals surface area contributed by atoms with Gasteiger partial charge in [-0.15, -0.1) is 0 Å². The van der Waals surface area contributed by atoms with Gasteiger partial charge in [-0.3, -0.25) is 14.6 Å². The van der Waals surface area contributed by atoms with Crippen LogP contribution in [0.25, 0.3) is 6.08 Å². The maximum atomic E-state index is 13.7. The molecule has 1 fully saturated rings. The predicted octanol–water partition coefficient (Wildman–Crippen LogP) is 8.23. The minimum absolute atomic E-state index is 0.123. The number of hydrogen-bond donors (Lipinski definition) is 0. The number of rotatable bonds is 8. The van der Waals surface area contributed by atoms with E-state index in [-0.39, 0.29) is 18.8 Å². The molecule has 0 aliphatic carbocycles. The molecule has 5 nitrogen and oxygen atoms in total. The first kappa shape index (κ1) is 26.8. The molecule has 0 bridgehead atoms. The Hall–Kier alpha value is -3.77. The zero-order chi connectivity index (χ0) is 27.4. The number of carbonyl (C=O) groups is 2. The standard InChI is InChI=1S/C31H23Cl3N2O3/c32-25-11-5-21(6-12-25)18-35-28(30(37)36(31(35)38)19-22-7-13-26(33)14-8-22)17-24-3-1-2-4-29(24)39-20-23-9-15-27(34)16-10-23/h1-17H,18-20H2/b28-17+. The molecule has 0 saturated carbocycles. The summed E-state index contributed by atoms with van der Waals surface area (Å²) >= 11 is 18.1. The summed E-state index contributed by atoms with van der Waals surface area (Å²) in [5, 5.41) is 1.82. The van der Waals surface area contributed by atoms with Crippen molar-refractivity contribution in [1.29, 1.82) is 0 Å². The van der Waals surface area contributed by atoms with Crippen LogP contribution in [-0.4, -0.2) is 21.7 Å². The van der Waals surface area contributed by atoms with Crippen LogP contribution in [0, 0.1) is 0 Å². The summed E-state index contributed by atoms with van der Waals surface area (Å²) in [7, 11) is 0. The summed E-state index contributed by atoms with van der Waals surface area (Å²) < 4.78 is 6.09. The Balaban J connectivity index is 1.46. The number of urea groups is 1. The van der Waals surface area contributed by atoms with Crippen molar-refractivity contribution < 1.29 is 14.3 Å². The molecule has 4 aromatic carbocycles. The van der Waals surface area contributed by atoms with E-state index in [0.29, 0.717) is 33.0 Å². The normalized spacial score (nSPS) is 14.4. The highest BCUT2D eigenvalue weighted by Crippen LogP contribution is 2.30. The van der Waals surface area contributed by atoms with E-state index in [0.717, 1.165) is 16.7 Å². The lowest BCUT2D eigenvalue weighted by Gasteiger charge is -2.18. The molecule has 1 aliphatic rings. The number of benzene rings is 4. The predicted molar refractivity (Wildman–Crippen MR) is 155 cm³/mol. The molecule has 4 aromatic rings. The summed E-state index contributed by atoms with van der Waals surface area (Å²) in [6.07, 6.45) is 1.70. The SMILES string of the molecule is O=C1/C(=C\c2ccccc2OCc2ccc(Cl)cc2)N(Cc2ccc(Cl)cc2)C(=O)N1Cc1ccc(Cl)cc1. The van der Waals surface area contributed by atoms with Crippen LogP contribution >= 0.6 is 34.8 Å². The quantitative estimate of drug-likeness (QED) is 0.157. The van der Waals surface area contributed by atoms with E-state index < -0.39 is 11.9 Å². The molecule has 0 atom stereocenters. The first-order valence-corrected chi connectivity index (χ1v) is 13.3. The Morgan fingerprint density at radius 2 is 1.10 bits per heavy atom. The largest absolute Gasteiger partial charge is 0.488 e. The molecule has 39 heavy (non-hydrogen) atoms. The van der Waals surface area contributed by atoms with Crippen LogP contribution in [0.4, 0.5) is 4.79 Å². The molecule has 8 heteroatoms. The van der Waals surface area contributed by atoms with Gasteiger partial charge in [-0.1, -0.05) is 89.4 Å². The van der Waals surface area contributed by atoms with Crippen LogP contribution in [0.3, 0.4) is 0 Å². The van der Waals surface area contributed by atoms with E-state index in [1.165, 1.54) is 9.80 Å². The zero-order valence-electron chi connectivity index (χ0n) is 20.7. The van der Waals surface area contributed by atoms with Crippen LogP contribution in [0.15, 0.2) is 103 Å². The summed E-state index contributed by atoms with van der Waals surface area (Å²) in [5.74, 6) is 0.194. The molecule has 196 valence electrons. The molecular weight excluding hydrogens is 555 g/mol. The third-order valence-electron chi connectivity index (χ3n) is 6.24. The highest BCUT2D eigenvalue weighted by atomic mass is 35.5. The summed E-state index contributed by atoms with van der Waals surface area (Å²) in [6, 6.07) is 28.7. The van der Waals surface area contributed by atoms with Crippen molar-refractivity contribution in [2.24, 2.45) is 0 Å². The van der Waals surface area contributed by atoms with E-state index in [4.69, 9.17) is 39.5 Å². The van der Waals surface area contributed by atoms with Gasteiger partial charge in [0.25, 0.3) is 5.91 Å². The number of carbonyl (C=O) groups excluding carboxylic acids is 2. The summed E-state index contributed by atoms with van der Waals surface area (Å²) in [4.78, 5) is 30.0. The molecule has 0 radical (unpaired) electrons. The number of halogens is 3. The van der Waals surface area contributed by atoms with Crippen molar-refractivity contribution in [3.63, 3.8) is 0 Å². The van der Waals surface area contributed by atoms with Gasteiger partial charge < -0.3 is 4.74 Å². The van der Waals surface area contributed by atoms with Crippen molar-refractivity contribution in [3.8, 4) is 5.75 Å². The highest BCUT2D eigenvalue weighted by molar-refractivity contribution is 6.31. The lowest BCUT2D eigenvalue weighted by Crippen LogP contribution is -2.32. The molecule has 0 spiro atoms. The van der Waals surface area contributed by atoms with Gasteiger partial charge in [0.1, 0.15) is 18.1 Å². The first-order chi connectivity index (χ1) is 18.9. The molecule has 1 saturated heterocycles. The van der Waals surface area contributed by atoms with Crippen molar-refractivity contribution in [1.82, 2.24) is 9.80 Å². The van der Waals surface area contributed by atoms with E-state index in [9.17, 15) is 9.59 Å². The minimum Gasteiger partial charge on any atom is -0.488 e. The van der Waals surface area contributed by atoms with Gasteiger partial charge in [0.15, 0.2) is 0 Å². The van der Waals surface area contributed by atoms with Gasteiger partial charge in [0.05, 0.1) is 13.1 Å². The Kier molecular flexibility index (Phi) is 8.22. The molecular formula is C31H23Cl3N2O3. The molecule has 5 rings (SSSR count). The van der Waals surface area contributed by atoms with Crippen LogP contribution in [-0.2, 0) is 24.5 Å². The zero-order valence-corrected chi connectivity index (χ0v) is 23.0. The second-order valence-corrected chi connectivity index (χ2v) is 10.3. The van der Waals surface area contributed by atoms with Gasteiger partial charge in [-0.2, -0.15) is 0 Å². The van der Waals surface area contributed by atoms with Crippen LogP contribution < -0.4 is 4.74 Å². The van der Waals surface area contributed by atoms with Gasteiger partial charge >= 0.3 is 6.03 Å². The second-order valence-electron chi connectivity index (χ2n) is 9.00. The molecule has 0 aromatic heterocycles. The summed E-state index contributed by atoms with van der Waals surface area (Å²) in [6.45, 7) is 0.651. The summed E-state index contributed by atoms with van der Waals surface area (Å²) in [5.41, 5.74) is 3.52. The topological polar surface area (TPSA) is 49.9 Å². The minimum atomic E-state index is -0.407. The van der Waals surface area contributed by atoms with E-state index in [1.807, 2.05) is 48.5 Å². The fourth-order valence-electron chi connectivity index (χ4n) is 4.19. The number of amides is 3. The van der Waals surface area contributed by atoms with E-state index in [2.05, 4.69) is 0 Å². The van der Waals surface area contributed by atoms with Gasteiger partial charge in [-0.05, 0) is 65.2 Å². The number of nitrogens with zero attached hydrogens (tertiary/aromatic N) is 2. The number of para-hydroxylation sites is 1. The molecule has 1 aliphatic heterocycles. The van der Waals surface area contributed by atoms with Gasteiger partial charge in [0.2, 0.25) is 0 Å². The van der Waals surface area contributed by atoms with Crippen LogP contribution in [0.2, 0.25) is 15.1 Å². The Bertz CT molecular complexity index is 1520. The molecule has 3 amide bonds. The third-order valence-corrected chi connectivity index (χ3v) is 7.00. The Morgan fingerprint density at radius 1 is 0.615 bits per heavy atom. The Labute approximate surface area is 241 Å². The third kappa shape index (κ3) is 6.45. The highest BCUT2D eigenvalue weighted by Gasteiger charge is 2.41.